The molecule has 0 saturated heterocycles. The molecule has 8 nitrogen and oxygen atoms in total. The predicted octanol–water partition coefficient (Wildman–Crippen LogP) is 2.75. The van der Waals surface area contributed by atoms with Crippen molar-refractivity contribution in [3.63, 3.8) is 0 Å². The first-order valence-corrected chi connectivity index (χ1v) is 12.2. The number of aldehydes is 1. The molecule has 2 saturated carbocycles. The summed E-state index contributed by atoms with van der Waals surface area (Å²) < 4.78 is 0. The zero-order chi connectivity index (χ0) is 25.4. The smallest absolute Gasteiger partial charge is 0.326 e. The third-order valence-corrected chi connectivity index (χ3v) is 9.41. The molecule has 2 aliphatic carbocycles. The van der Waals surface area contributed by atoms with Crippen molar-refractivity contribution in [2.75, 3.05) is 6.54 Å². The van der Waals surface area contributed by atoms with Gasteiger partial charge in [-0.15, -0.1) is 0 Å². The van der Waals surface area contributed by atoms with Gasteiger partial charge >= 0.3 is 12.0 Å². The van der Waals surface area contributed by atoms with Crippen LogP contribution in [0.25, 0.3) is 0 Å². The topological polar surface area (TPSA) is 148 Å². The highest BCUT2D eigenvalue weighted by Gasteiger charge is 2.61. The highest BCUT2D eigenvalue weighted by atomic mass is 16.4. The molecule has 8 heteroatoms. The lowest BCUT2D eigenvalue weighted by atomic mass is 9.66. The maximum Gasteiger partial charge on any atom is 0.326 e. The number of carboxylic acid groups (broad SMARTS) is 1. The molecular weight excluding hydrogens is 432 g/mol. The predicted molar refractivity (Wildman–Crippen MR) is 131 cm³/mol. The van der Waals surface area contributed by atoms with Crippen molar-refractivity contribution in [2.45, 2.75) is 76.9 Å². The van der Waals surface area contributed by atoms with Crippen LogP contribution >= 0.6 is 0 Å². The third-order valence-electron chi connectivity index (χ3n) is 9.41. The number of hydrogen-bond acceptors (Lipinski definition) is 5. The van der Waals surface area contributed by atoms with E-state index in [-0.39, 0.29) is 29.3 Å². The minimum absolute atomic E-state index is 0.0846. The van der Waals surface area contributed by atoms with Gasteiger partial charge in [0.05, 0.1) is 5.54 Å². The fourth-order valence-corrected chi connectivity index (χ4v) is 6.35. The first kappa shape index (κ1) is 26.2. The Hall–Kier alpha value is -2.45. The Bertz CT molecular complexity index is 919. The molecule has 0 aromatic heterocycles. The number of carbonyl (C=O) groups excluding carboxylic acids is 2. The van der Waals surface area contributed by atoms with E-state index in [0.29, 0.717) is 30.7 Å². The maximum absolute atomic E-state index is 12.6. The van der Waals surface area contributed by atoms with Gasteiger partial charge in [-0.3, -0.25) is 4.79 Å². The van der Waals surface area contributed by atoms with Crippen LogP contribution in [0.1, 0.15) is 65.4 Å². The van der Waals surface area contributed by atoms with Crippen LogP contribution in [0.5, 0.6) is 0 Å². The number of carboxylic acids is 1. The van der Waals surface area contributed by atoms with E-state index in [1.807, 2.05) is 0 Å². The minimum Gasteiger partial charge on any atom is -0.480 e. The van der Waals surface area contributed by atoms with E-state index in [0.717, 1.165) is 12.8 Å². The van der Waals surface area contributed by atoms with E-state index >= 15 is 0 Å². The first-order chi connectivity index (χ1) is 15.8. The summed E-state index contributed by atoms with van der Waals surface area (Å²) in [5.74, 6) is -1.74. The zero-order valence-electron chi connectivity index (χ0n) is 20.8. The fourth-order valence-electron chi connectivity index (χ4n) is 6.35. The monoisotopic (exact) mass is 472 g/mol. The number of rotatable bonds is 10. The van der Waals surface area contributed by atoms with Crippen LogP contribution in [-0.4, -0.2) is 41.5 Å². The van der Waals surface area contributed by atoms with Gasteiger partial charge in [-0.1, -0.05) is 51.1 Å². The summed E-state index contributed by atoms with van der Waals surface area (Å²) in [6, 6.07) is 8.60. The van der Waals surface area contributed by atoms with Crippen LogP contribution in [-0.2, 0) is 15.1 Å². The Kier molecular flexibility index (Phi) is 7.16. The van der Waals surface area contributed by atoms with Crippen molar-refractivity contribution < 1.29 is 19.5 Å². The third kappa shape index (κ3) is 4.11. The average molecular weight is 473 g/mol. The van der Waals surface area contributed by atoms with Gasteiger partial charge < -0.3 is 32.0 Å². The molecule has 34 heavy (non-hydrogen) atoms. The molecule has 2 amide bonds. The number of benzene rings is 1. The van der Waals surface area contributed by atoms with Crippen molar-refractivity contribution in [3.8, 4) is 0 Å². The molecule has 0 heterocycles. The largest absolute Gasteiger partial charge is 0.480 e. The van der Waals surface area contributed by atoms with E-state index in [1.54, 1.807) is 30.3 Å². The van der Waals surface area contributed by atoms with E-state index in [1.165, 1.54) is 13.3 Å². The summed E-state index contributed by atoms with van der Waals surface area (Å²) >= 11 is 0. The second-order valence-electron chi connectivity index (χ2n) is 11.2. The molecular formula is C26H40N4O4. The second kappa shape index (κ2) is 9.30. The summed E-state index contributed by atoms with van der Waals surface area (Å²) in [7, 11) is 0. The van der Waals surface area contributed by atoms with E-state index < -0.39 is 23.0 Å². The molecule has 1 aromatic carbocycles. The normalized spacial score (nSPS) is 29.5. The molecule has 0 aliphatic heterocycles. The molecule has 1 aromatic rings. The summed E-state index contributed by atoms with van der Waals surface area (Å²) in [4.78, 5) is 36.8. The maximum atomic E-state index is 12.6. The average Bonchev–Trinajstić information content (AvgIpc) is 3.12. The van der Waals surface area contributed by atoms with Gasteiger partial charge in [0.1, 0.15) is 11.8 Å². The SMILES string of the molecule is CC(N)(c1ccccc1)C(N)(C(=O)O)C(C=O)CCCNC(=O)NC1CC2CCC1(C)C2(C)C. The van der Waals surface area contributed by atoms with Crippen LogP contribution in [0, 0.1) is 22.7 Å². The van der Waals surface area contributed by atoms with E-state index in [9.17, 15) is 19.5 Å². The standard InChI is InChI=1S/C26H40N4O4/c1-23(2)18-12-13-24(23,3)20(15-18)30-22(34)29-14-8-11-19(16-31)26(28,21(32)33)25(4,27)17-9-6-5-7-10-17/h5-7,9-10,16,18-20H,8,11-15,27-28H2,1-4H3,(H,32,33)(H2,29,30,34). The van der Waals surface area contributed by atoms with Gasteiger partial charge in [0, 0.05) is 18.5 Å². The summed E-state index contributed by atoms with van der Waals surface area (Å²) in [5, 5.41) is 16.0. The molecule has 7 N–H and O–H groups in total. The zero-order valence-corrected chi connectivity index (χ0v) is 20.8. The second-order valence-corrected chi connectivity index (χ2v) is 11.2. The molecule has 6 unspecified atom stereocenters. The van der Waals surface area contributed by atoms with Crippen molar-refractivity contribution in [1.82, 2.24) is 10.6 Å². The fraction of sp³-hybridized carbons (Fsp3) is 0.654. The molecule has 0 radical (unpaired) electrons. The first-order valence-electron chi connectivity index (χ1n) is 12.2. The Labute approximate surface area is 202 Å². The molecule has 2 aliphatic rings. The van der Waals surface area contributed by atoms with Gasteiger partial charge in [-0.25, -0.2) is 4.79 Å². The Morgan fingerprint density at radius 2 is 1.88 bits per heavy atom. The molecule has 2 bridgehead atoms. The van der Waals surface area contributed by atoms with Gasteiger partial charge in [-0.2, -0.15) is 0 Å². The molecule has 2 fully saturated rings. The van der Waals surface area contributed by atoms with Crippen LogP contribution < -0.4 is 22.1 Å². The van der Waals surface area contributed by atoms with Gasteiger partial charge in [-0.05, 0) is 61.3 Å². The van der Waals surface area contributed by atoms with Crippen molar-refractivity contribution in [1.29, 1.82) is 0 Å². The number of nitrogens with two attached hydrogens (primary N) is 2. The number of amides is 2. The highest BCUT2D eigenvalue weighted by molar-refractivity contribution is 5.85. The van der Waals surface area contributed by atoms with Crippen molar-refractivity contribution in [3.05, 3.63) is 35.9 Å². The van der Waals surface area contributed by atoms with Gasteiger partial charge in [0.15, 0.2) is 0 Å². The Balaban J connectivity index is 1.58. The van der Waals surface area contributed by atoms with Crippen LogP contribution in [0.15, 0.2) is 30.3 Å². The van der Waals surface area contributed by atoms with E-state index in [2.05, 4.69) is 31.4 Å². The van der Waals surface area contributed by atoms with Crippen molar-refractivity contribution >= 4 is 18.3 Å². The number of aliphatic carboxylic acids is 1. The quantitative estimate of drug-likeness (QED) is 0.261. The molecule has 6 atom stereocenters. The van der Waals surface area contributed by atoms with E-state index in [4.69, 9.17) is 11.5 Å². The molecule has 188 valence electrons. The molecule has 3 rings (SSSR count). The summed E-state index contributed by atoms with van der Waals surface area (Å²) in [6.07, 6.45) is 4.47. The van der Waals surface area contributed by atoms with Gasteiger partial charge in [0.2, 0.25) is 0 Å². The number of urea groups is 1. The Morgan fingerprint density at radius 3 is 2.38 bits per heavy atom. The lowest BCUT2D eigenvalue weighted by Crippen LogP contribution is -2.70. The number of nitrogens with one attached hydrogen (secondary N) is 2. The van der Waals surface area contributed by atoms with Gasteiger partial charge in [0.25, 0.3) is 0 Å². The number of carbonyl (C=O) groups is 3. The van der Waals surface area contributed by atoms with Crippen LogP contribution in [0.4, 0.5) is 4.79 Å². The van der Waals surface area contributed by atoms with Crippen LogP contribution in [0.3, 0.4) is 0 Å². The lowest BCUT2D eigenvalue weighted by molar-refractivity contribution is -0.151. The summed E-state index contributed by atoms with van der Waals surface area (Å²) in [5.41, 5.74) is 10.2. The number of fused-ring (bicyclic) bond motifs is 2. The summed E-state index contributed by atoms with van der Waals surface area (Å²) in [6.45, 7) is 8.70. The Morgan fingerprint density at radius 1 is 1.24 bits per heavy atom. The molecule has 0 spiro atoms. The van der Waals surface area contributed by atoms with Crippen LogP contribution in [0.2, 0.25) is 0 Å². The highest BCUT2D eigenvalue weighted by Crippen LogP contribution is 2.65. The van der Waals surface area contributed by atoms with Crippen molar-refractivity contribution in [2.24, 2.45) is 34.1 Å². The number of hydrogen-bond donors (Lipinski definition) is 5. The minimum atomic E-state index is -2.01. The lowest BCUT2D eigenvalue weighted by Gasteiger charge is -2.44.